The first-order chi connectivity index (χ1) is 10.1. The molecule has 0 heterocycles. The van der Waals surface area contributed by atoms with Crippen LogP contribution < -0.4 is 5.32 Å². The lowest BCUT2D eigenvalue weighted by molar-refractivity contribution is -0.115. The van der Waals surface area contributed by atoms with Gasteiger partial charge in [-0.1, -0.05) is 35.9 Å². The van der Waals surface area contributed by atoms with Crippen molar-refractivity contribution in [2.45, 2.75) is 17.9 Å². The van der Waals surface area contributed by atoms with E-state index in [9.17, 15) is 9.18 Å². The number of amides is 1. The summed E-state index contributed by atoms with van der Waals surface area (Å²) >= 11 is 7.43. The van der Waals surface area contributed by atoms with Crippen molar-refractivity contribution in [3.63, 3.8) is 0 Å². The van der Waals surface area contributed by atoms with Gasteiger partial charge in [0.05, 0.1) is 5.25 Å². The molecule has 1 unspecified atom stereocenters. The molecule has 2 aromatic carbocycles. The third-order valence-electron chi connectivity index (χ3n) is 2.91. The highest BCUT2D eigenvalue weighted by molar-refractivity contribution is 7.99. The highest BCUT2D eigenvalue weighted by atomic mass is 35.5. The van der Waals surface area contributed by atoms with Gasteiger partial charge in [0.1, 0.15) is 5.82 Å². The van der Waals surface area contributed by atoms with E-state index in [-0.39, 0.29) is 17.0 Å². The number of hydrogen-bond donors (Lipinski definition) is 1. The smallest absolute Gasteiger partial charge is 0.237 e. The molecule has 2 aromatic rings. The second-order valence-electron chi connectivity index (χ2n) is 4.54. The van der Waals surface area contributed by atoms with Crippen LogP contribution in [-0.2, 0) is 10.5 Å². The van der Waals surface area contributed by atoms with Crippen LogP contribution >= 0.6 is 23.4 Å². The van der Waals surface area contributed by atoms with Gasteiger partial charge in [-0.25, -0.2) is 4.39 Å². The highest BCUT2D eigenvalue weighted by Gasteiger charge is 2.14. The highest BCUT2D eigenvalue weighted by Crippen LogP contribution is 2.25. The van der Waals surface area contributed by atoms with E-state index in [0.29, 0.717) is 10.8 Å². The molecule has 5 heteroatoms. The summed E-state index contributed by atoms with van der Waals surface area (Å²) < 4.78 is 13.0. The Labute approximate surface area is 132 Å². The van der Waals surface area contributed by atoms with Crippen molar-refractivity contribution in [3.8, 4) is 0 Å². The Morgan fingerprint density at radius 1 is 1.29 bits per heavy atom. The van der Waals surface area contributed by atoms with E-state index in [1.807, 2.05) is 37.3 Å². The van der Waals surface area contributed by atoms with Gasteiger partial charge in [0.2, 0.25) is 5.91 Å². The maximum Gasteiger partial charge on any atom is 0.237 e. The molecule has 0 aromatic heterocycles. The quantitative estimate of drug-likeness (QED) is 0.861. The molecule has 0 radical (unpaired) electrons. The molecular formula is C16H15ClFNOS. The summed E-state index contributed by atoms with van der Waals surface area (Å²) in [6, 6.07) is 13.6. The molecule has 0 fully saturated rings. The first-order valence-electron chi connectivity index (χ1n) is 6.47. The second kappa shape index (κ2) is 7.48. The van der Waals surface area contributed by atoms with Gasteiger partial charge in [0.15, 0.2) is 0 Å². The minimum Gasteiger partial charge on any atom is -0.325 e. The number of para-hydroxylation sites is 1. The Bertz CT molecular complexity index is 621. The zero-order valence-electron chi connectivity index (χ0n) is 11.5. The number of nitrogens with one attached hydrogen (secondary N) is 1. The van der Waals surface area contributed by atoms with Crippen molar-refractivity contribution in [1.82, 2.24) is 0 Å². The average molecular weight is 324 g/mol. The van der Waals surface area contributed by atoms with E-state index >= 15 is 0 Å². The van der Waals surface area contributed by atoms with E-state index in [1.165, 1.54) is 23.9 Å². The molecule has 1 amide bonds. The van der Waals surface area contributed by atoms with Crippen LogP contribution in [0.25, 0.3) is 0 Å². The van der Waals surface area contributed by atoms with Gasteiger partial charge in [-0.2, -0.15) is 0 Å². The largest absolute Gasteiger partial charge is 0.325 e. The van der Waals surface area contributed by atoms with Gasteiger partial charge in [-0.3, -0.25) is 4.79 Å². The van der Waals surface area contributed by atoms with E-state index in [0.717, 1.165) is 11.3 Å². The molecule has 0 spiro atoms. The Balaban J connectivity index is 1.89. The first-order valence-corrected chi connectivity index (χ1v) is 7.90. The Hall–Kier alpha value is -1.52. The molecule has 0 aliphatic carbocycles. The topological polar surface area (TPSA) is 29.1 Å². The van der Waals surface area contributed by atoms with Crippen LogP contribution in [-0.4, -0.2) is 11.2 Å². The number of anilines is 1. The average Bonchev–Trinajstić information content (AvgIpc) is 2.47. The molecule has 110 valence electrons. The van der Waals surface area contributed by atoms with Gasteiger partial charge in [-0.15, -0.1) is 11.8 Å². The standard InChI is InChI=1S/C16H15ClFNOS/c1-11(16(20)19-14-5-3-2-4-6-14)21-10-12-7-8-13(18)9-15(12)17/h2-9,11H,10H2,1H3,(H,19,20). The van der Waals surface area contributed by atoms with E-state index < -0.39 is 0 Å². The van der Waals surface area contributed by atoms with Gasteiger partial charge >= 0.3 is 0 Å². The molecule has 0 saturated heterocycles. The first kappa shape index (κ1) is 15.9. The lowest BCUT2D eigenvalue weighted by Gasteiger charge is -2.12. The SMILES string of the molecule is CC(SCc1ccc(F)cc1Cl)C(=O)Nc1ccccc1. The van der Waals surface area contributed by atoms with Crippen LogP contribution in [0.4, 0.5) is 10.1 Å². The molecule has 2 rings (SSSR count). The Kier molecular flexibility index (Phi) is 5.65. The van der Waals surface area contributed by atoms with Crippen LogP contribution in [0, 0.1) is 5.82 Å². The summed E-state index contributed by atoms with van der Waals surface area (Å²) in [5.41, 5.74) is 1.59. The molecule has 1 N–H and O–H groups in total. The molecule has 0 saturated carbocycles. The van der Waals surface area contributed by atoms with Gasteiger partial charge in [0, 0.05) is 16.5 Å². The number of thioether (sulfide) groups is 1. The van der Waals surface area contributed by atoms with Crippen LogP contribution in [0.1, 0.15) is 12.5 Å². The monoisotopic (exact) mass is 323 g/mol. The van der Waals surface area contributed by atoms with Crippen LogP contribution in [0.15, 0.2) is 48.5 Å². The fourth-order valence-corrected chi connectivity index (χ4v) is 2.90. The number of benzene rings is 2. The number of carbonyl (C=O) groups is 1. The maximum atomic E-state index is 13.0. The number of hydrogen-bond acceptors (Lipinski definition) is 2. The summed E-state index contributed by atoms with van der Waals surface area (Å²) in [6.07, 6.45) is 0. The molecule has 21 heavy (non-hydrogen) atoms. The van der Waals surface area contributed by atoms with Crippen molar-refractivity contribution in [2.75, 3.05) is 5.32 Å². The fourth-order valence-electron chi connectivity index (χ4n) is 1.69. The minimum atomic E-state index is -0.358. The van der Waals surface area contributed by atoms with Crippen molar-refractivity contribution in [3.05, 3.63) is 64.9 Å². The fraction of sp³-hybridized carbons (Fsp3) is 0.188. The molecule has 2 nitrogen and oxygen atoms in total. The lowest BCUT2D eigenvalue weighted by atomic mass is 10.2. The van der Waals surface area contributed by atoms with E-state index in [1.54, 1.807) is 6.07 Å². The Morgan fingerprint density at radius 2 is 2.00 bits per heavy atom. The van der Waals surface area contributed by atoms with Crippen molar-refractivity contribution >= 4 is 35.0 Å². The molecule has 0 aliphatic rings. The molecule has 0 bridgehead atoms. The molecule has 1 atom stereocenters. The second-order valence-corrected chi connectivity index (χ2v) is 6.28. The number of rotatable bonds is 5. The predicted octanol–water partition coefficient (Wildman–Crippen LogP) is 4.74. The maximum absolute atomic E-state index is 13.0. The molecular weight excluding hydrogens is 309 g/mol. The van der Waals surface area contributed by atoms with Crippen molar-refractivity contribution in [1.29, 1.82) is 0 Å². The summed E-state index contributed by atoms with van der Waals surface area (Å²) in [7, 11) is 0. The predicted molar refractivity (Wildman–Crippen MR) is 87.2 cm³/mol. The number of halogens is 2. The Morgan fingerprint density at radius 3 is 2.67 bits per heavy atom. The zero-order chi connectivity index (χ0) is 15.2. The van der Waals surface area contributed by atoms with Gasteiger partial charge in [0.25, 0.3) is 0 Å². The van der Waals surface area contributed by atoms with E-state index in [4.69, 9.17) is 11.6 Å². The van der Waals surface area contributed by atoms with Crippen LogP contribution in [0.5, 0.6) is 0 Å². The lowest BCUT2D eigenvalue weighted by Crippen LogP contribution is -2.22. The summed E-state index contributed by atoms with van der Waals surface area (Å²) in [5, 5.41) is 3.01. The van der Waals surface area contributed by atoms with Gasteiger partial charge in [-0.05, 0) is 36.8 Å². The van der Waals surface area contributed by atoms with Gasteiger partial charge < -0.3 is 5.32 Å². The zero-order valence-corrected chi connectivity index (χ0v) is 13.0. The van der Waals surface area contributed by atoms with Crippen molar-refractivity contribution in [2.24, 2.45) is 0 Å². The summed E-state index contributed by atoms with van der Waals surface area (Å²) in [6.45, 7) is 1.83. The van der Waals surface area contributed by atoms with Crippen LogP contribution in [0.3, 0.4) is 0 Å². The third kappa shape index (κ3) is 4.76. The third-order valence-corrected chi connectivity index (χ3v) is 4.46. The van der Waals surface area contributed by atoms with Crippen molar-refractivity contribution < 1.29 is 9.18 Å². The summed E-state index contributed by atoms with van der Waals surface area (Å²) in [4.78, 5) is 12.0. The molecule has 0 aliphatic heterocycles. The normalized spacial score (nSPS) is 12.0. The summed E-state index contributed by atoms with van der Waals surface area (Å²) in [5.74, 6) is 0.135. The van der Waals surface area contributed by atoms with Crippen LogP contribution in [0.2, 0.25) is 5.02 Å². The number of carbonyl (C=O) groups excluding carboxylic acids is 1. The van der Waals surface area contributed by atoms with E-state index in [2.05, 4.69) is 5.32 Å². The minimum absolute atomic E-state index is 0.0653.